The van der Waals surface area contributed by atoms with Crippen molar-refractivity contribution in [2.45, 2.75) is 17.1 Å². The van der Waals surface area contributed by atoms with E-state index in [1.54, 1.807) is 0 Å². The van der Waals surface area contributed by atoms with Crippen molar-refractivity contribution in [3.8, 4) is 0 Å². The Kier molecular flexibility index (Phi) is 5.03. The average Bonchev–Trinajstić information content (AvgIpc) is 2.40. The molecule has 0 saturated carbocycles. The molecule has 0 unspecified atom stereocenters. The molecule has 0 amide bonds. The number of H-pyrrole nitrogens is 1. The summed E-state index contributed by atoms with van der Waals surface area (Å²) >= 11 is 4.87. The molecule has 1 aromatic heterocycles. The van der Waals surface area contributed by atoms with Gasteiger partial charge in [0.2, 0.25) is 0 Å². The van der Waals surface area contributed by atoms with Gasteiger partial charge in [-0.1, -0.05) is 22.0 Å². The molecule has 0 saturated heterocycles. The Bertz CT molecular complexity index is 733. The highest BCUT2D eigenvalue weighted by atomic mass is 79.9. The molecule has 1 heterocycles. The predicted molar refractivity (Wildman–Crippen MR) is 84.3 cm³/mol. The maximum atomic E-state index is 11.8. The fourth-order valence-corrected chi connectivity index (χ4v) is 3.04. The number of rotatable bonds is 5. The predicted octanol–water partition coefficient (Wildman–Crippen LogP) is 2.03. The molecule has 1 aromatic carbocycles. The highest BCUT2D eigenvalue weighted by Crippen LogP contribution is 2.24. The molecule has 6 nitrogen and oxygen atoms in total. The monoisotopic (exact) mass is 369 g/mol. The summed E-state index contributed by atoms with van der Waals surface area (Å²) in [4.78, 5) is 30.1. The summed E-state index contributed by atoms with van der Waals surface area (Å²) in [6.07, 6.45) is -0.437. The normalized spacial score (nSPS) is 10.5. The summed E-state index contributed by atoms with van der Waals surface area (Å²) in [5.41, 5.74) is 5.13. The molecule has 0 aliphatic heterocycles. The number of aromatic nitrogens is 2. The van der Waals surface area contributed by atoms with Crippen LogP contribution in [0, 0.1) is 0 Å². The Labute approximate surface area is 132 Å². The Balaban J connectivity index is 2.15. The van der Waals surface area contributed by atoms with Gasteiger partial charge in [0.05, 0.1) is 17.7 Å². The molecule has 8 heteroatoms. The van der Waals surface area contributed by atoms with Gasteiger partial charge in [-0.15, -0.1) is 11.8 Å². The lowest BCUT2D eigenvalue weighted by Crippen LogP contribution is -2.21. The van der Waals surface area contributed by atoms with Crippen molar-refractivity contribution in [2.75, 3.05) is 5.73 Å². The number of carboxylic acid groups (broad SMARTS) is 1. The number of nitrogens with two attached hydrogens (primary N) is 1. The maximum Gasteiger partial charge on any atom is 0.308 e. The zero-order chi connectivity index (χ0) is 15.4. The quantitative estimate of drug-likeness (QED) is 0.695. The number of hydrogen-bond donors (Lipinski definition) is 3. The number of nitrogen functional groups attached to an aromatic ring is 1. The van der Waals surface area contributed by atoms with Crippen LogP contribution in [-0.2, 0) is 17.0 Å². The zero-order valence-electron chi connectivity index (χ0n) is 10.8. The van der Waals surface area contributed by atoms with Crippen molar-refractivity contribution in [1.82, 2.24) is 9.97 Å². The van der Waals surface area contributed by atoms with Crippen LogP contribution < -0.4 is 11.3 Å². The first kappa shape index (κ1) is 15.6. The average molecular weight is 370 g/mol. The second-order valence-corrected chi connectivity index (χ2v) is 6.16. The highest BCUT2D eigenvalue weighted by Gasteiger charge is 2.12. The molecule has 0 bridgehead atoms. The molecule has 2 rings (SSSR count). The number of hydrogen-bond acceptors (Lipinski definition) is 5. The fourth-order valence-electron chi connectivity index (χ4n) is 1.66. The molecule has 0 spiro atoms. The molecule has 0 fully saturated rings. The van der Waals surface area contributed by atoms with Gasteiger partial charge in [0.25, 0.3) is 5.56 Å². The number of thioether (sulfide) groups is 1. The van der Waals surface area contributed by atoms with E-state index in [9.17, 15) is 9.59 Å². The molecular formula is C13H12BrN3O3S. The molecular weight excluding hydrogens is 358 g/mol. The molecule has 2 aromatic rings. The first-order valence-corrected chi connectivity index (χ1v) is 7.71. The summed E-state index contributed by atoms with van der Waals surface area (Å²) in [7, 11) is 0. The van der Waals surface area contributed by atoms with E-state index >= 15 is 0 Å². The zero-order valence-corrected chi connectivity index (χ0v) is 13.2. The maximum absolute atomic E-state index is 11.8. The lowest BCUT2D eigenvalue weighted by Gasteiger charge is -2.06. The number of nitrogens with one attached hydrogen (secondary N) is 1. The molecule has 0 aliphatic rings. The lowest BCUT2D eigenvalue weighted by molar-refractivity contribution is -0.136. The van der Waals surface area contributed by atoms with E-state index in [0.717, 1.165) is 9.37 Å². The van der Waals surface area contributed by atoms with Gasteiger partial charge in [0.15, 0.2) is 0 Å². The Morgan fingerprint density at radius 3 is 2.86 bits per heavy atom. The number of carbonyl (C=O) groups is 1. The van der Waals surface area contributed by atoms with Crippen molar-refractivity contribution in [3.05, 3.63) is 50.5 Å². The summed E-state index contributed by atoms with van der Waals surface area (Å²) in [6.45, 7) is 0. The van der Waals surface area contributed by atoms with E-state index < -0.39 is 17.9 Å². The van der Waals surface area contributed by atoms with E-state index in [-0.39, 0.29) is 11.4 Å². The van der Waals surface area contributed by atoms with Gasteiger partial charge in [-0.05, 0) is 18.2 Å². The summed E-state index contributed by atoms with van der Waals surface area (Å²) in [6, 6.07) is 7.72. The van der Waals surface area contributed by atoms with Gasteiger partial charge in [0.1, 0.15) is 11.6 Å². The Hall–Kier alpha value is -1.80. The van der Waals surface area contributed by atoms with Gasteiger partial charge >= 0.3 is 5.97 Å². The smallest absolute Gasteiger partial charge is 0.308 e. The third-order valence-electron chi connectivity index (χ3n) is 2.60. The largest absolute Gasteiger partial charge is 0.481 e. The van der Waals surface area contributed by atoms with Crippen LogP contribution in [0.3, 0.4) is 0 Å². The number of carboxylic acids is 1. The molecule has 110 valence electrons. The van der Waals surface area contributed by atoms with E-state index in [1.165, 1.54) is 11.8 Å². The van der Waals surface area contributed by atoms with Gasteiger partial charge < -0.3 is 15.8 Å². The highest BCUT2D eigenvalue weighted by molar-refractivity contribution is 9.10. The summed E-state index contributed by atoms with van der Waals surface area (Å²) < 4.78 is 0.963. The molecule has 4 N–H and O–H groups in total. The summed E-state index contributed by atoms with van der Waals surface area (Å²) in [5, 5.41) is 8.72. The number of benzene rings is 1. The van der Waals surface area contributed by atoms with Gasteiger partial charge in [0, 0.05) is 9.37 Å². The van der Waals surface area contributed by atoms with Gasteiger partial charge in [-0.3, -0.25) is 9.59 Å². The number of aliphatic carboxylic acids is 1. The third kappa shape index (κ3) is 4.33. The third-order valence-corrected chi connectivity index (χ3v) is 4.09. The molecule has 0 atom stereocenters. The van der Waals surface area contributed by atoms with Crippen molar-refractivity contribution in [1.29, 1.82) is 0 Å². The van der Waals surface area contributed by atoms with Crippen LogP contribution in [-0.4, -0.2) is 21.0 Å². The first-order chi connectivity index (χ1) is 9.95. The van der Waals surface area contributed by atoms with E-state index in [2.05, 4.69) is 25.9 Å². The second kappa shape index (κ2) is 6.77. The minimum absolute atomic E-state index is 0.0151. The van der Waals surface area contributed by atoms with Crippen LogP contribution in [0.15, 0.2) is 38.4 Å². The van der Waals surface area contributed by atoms with E-state index in [1.807, 2.05) is 24.3 Å². The van der Waals surface area contributed by atoms with Crippen LogP contribution in [0.5, 0.6) is 0 Å². The Morgan fingerprint density at radius 2 is 2.24 bits per heavy atom. The number of nitrogens with zero attached hydrogens (tertiary/aromatic N) is 1. The van der Waals surface area contributed by atoms with Gasteiger partial charge in [-0.2, -0.15) is 0 Å². The van der Waals surface area contributed by atoms with Crippen LogP contribution in [0.25, 0.3) is 0 Å². The second-order valence-electron chi connectivity index (χ2n) is 4.19. The SMILES string of the molecule is Nc1nc(CSc2cccc(Br)c2)[nH]c(=O)c1CC(=O)O. The van der Waals surface area contributed by atoms with Crippen molar-refractivity contribution >= 4 is 39.5 Å². The number of aromatic amines is 1. The number of anilines is 1. The van der Waals surface area contributed by atoms with Crippen LogP contribution in [0.4, 0.5) is 5.82 Å². The van der Waals surface area contributed by atoms with Crippen molar-refractivity contribution in [3.63, 3.8) is 0 Å². The molecule has 0 radical (unpaired) electrons. The minimum atomic E-state index is -1.12. The Morgan fingerprint density at radius 1 is 1.48 bits per heavy atom. The first-order valence-electron chi connectivity index (χ1n) is 5.93. The minimum Gasteiger partial charge on any atom is -0.481 e. The number of halogens is 1. The van der Waals surface area contributed by atoms with Crippen LogP contribution in [0.1, 0.15) is 11.4 Å². The van der Waals surface area contributed by atoms with Gasteiger partial charge in [-0.25, -0.2) is 4.98 Å². The van der Waals surface area contributed by atoms with Crippen LogP contribution in [0.2, 0.25) is 0 Å². The summed E-state index contributed by atoms with van der Waals surface area (Å²) in [5.74, 6) is -0.309. The van der Waals surface area contributed by atoms with Crippen molar-refractivity contribution in [2.24, 2.45) is 0 Å². The topological polar surface area (TPSA) is 109 Å². The lowest BCUT2D eigenvalue weighted by atomic mass is 10.2. The fraction of sp³-hybridized carbons (Fsp3) is 0.154. The molecule has 0 aliphatic carbocycles. The van der Waals surface area contributed by atoms with E-state index in [0.29, 0.717) is 11.6 Å². The molecule has 21 heavy (non-hydrogen) atoms. The van der Waals surface area contributed by atoms with Crippen molar-refractivity contribution < 1.29 is 9.90 Å². The van der Waals surface area contributed by atoms with E-state index in [4.69, 9.17) is 10.8 Å². The standard InChI is InChI=1S/C13H12BrN3O3S/c14-7-2-1-3-8(4-7)21-6-10-16-12(15)9(5-11(18)19)13(20)17-10/h1-4H,5-6H2,(H,18,19)(H3,15,16,17,20). The van der Waals surface area contributed by atoms with Crippen LogP contribution >= 0.6 is 27.7 Å².